The van der Waals surface area contributed by atoms with Gasteiger partial charge >= 0.3 is 0 Å². The lowest BCUT2D eigenvalue weighted by Gasteiger charge is -2.08. The molecule has 2 aromatic heterocycles. The standard InChI is InChI=1S/C16H19N3S2/c1-12(2)17-9-13-3-5-15(6-4-13)21-11-14-10-19-7-8-20-16(19)18-14/h3-8,10,12,17H,9,11H2,1-2H3. The van der Waals surface area contributed by atoms with Crippen LogP contribution in [0, 0.1) is 0 Å². The molecular formula is C16H19N3S2. The van der Waals surface area contributed by atoms with Crippen molar-refractivity contribution in [3.05, 3.63) is 53.3 Å². The zero-order valence-corrected chi connectivity index (χ0v) is 13.9. The smallest absolute Gasteiger partial charge is 0.193 e. The van der Waals surface area contributed by atoms with Crippen LogP contribution in [-0.2, 0) is 12.3 Å². The van der Waals surface area contributed by atoms with Gasteiger partial charge in [-0.3, -0.25) is 4.40 Å². The van der Waals surface area contributed by atoms with Gasteiger partial charge in [0.1, 0.15) is 0 Å². The van der Waals surface area contributed by atoms with E-state index >= 15 is 0 Å². The summed E-state index contributed by atoms with van der Waals surface area (Å²) in [5.41, 5.74) is 2.47. The van der Waals surface area contributed by atoms with Crippen molar-refractivity contribution in [3.63, 3.8) is 0 Å². The third-order valence-corrected chi connectivity index (χ3v) is 4.98. The number of thiazole rings is 1. The van der Waals surface area contributed by atoms with Gasteiger partial charge in [0.05, 0.1) is 5.69 Å². The van der Waals surface area contributed by atoms with Gasteiger partial charge in [-0.1, -0.05) is 26.0 Å². The Balaban J connectivity index is 1.56. The van der Waals surface area contributed by atoms with Crippen LogP contribution < -0.4 is 5.32 Å². The topological polar surface area (TPSA) is 29.3 Å². The molecule has 21 heavy (non-hydrogen) atoms. The molecule has 1 aromatic carbocycles. The number of benzene rings is 1. The van der Waals surface area contributed by atoms with Crippen molar-refractivity contribution in [1.29, 1.82) is 0 Å². The molecule has 0 bridgehead atoms. The van der Waals surface area contributed by atoms with Gasteiger partial charge in [0.2, 0.25) is 0 Å². The van der Waals surface area contributed by atoms with E-state index in [1.807, 2.05) is 11.8 Å². The van der Waals surface area contributed by atoms with E-state index in [0.29, 0.717) is 6.04 Å². The second-order valence-corrected chi connectivity index (χ2v) is 7.22. The van der Waals surface area contributed by atoms with Crippen molar-refractivity contribution in [3.8, 4) is 0 Å². The molecule has 0 saturated carbocycles. The highest BCUT2D eigenvalue weighted by atomic mass is 32.2. The molecule has 0 aliphatic heterocycles. The molecule has 0 unspecified atom stereocenters. The van der Waals surface area contributed by atoms with E-state index in [2.05, 4.69) is 70.6 Å². The zero-order chi connectivity index (χ0) is 14.7. The van der Waals surface area contributed by atoms with Crippen molar-refractivity contribution < 1.29 is 0 Å². The lowest BCUT2D eigenvalue weighted by atomic mass is 10.2. The minimum atomic E-state index is 0.522. The van der Waals surface area contributed by atoms with Crippen LogP contribution in [0.5, 0.6) is 0 Å². The van der Waals surface area contributed by atoms with Crippen LogP contribution >= 0.6 is 23.1 Å². The highest BCUT2D eigenvalue weighted by Gasteiger charge is 2.03. The molecule has 0 spiro atoms. The van der Waals surface area contributed by atoms with Crippen molar-refractivity contribution in [2.24, 2.45) is 0 Å². The van der Waals surface area contributed by atoms with Crippen LogP contribution in [0.3, 0.4) is 0 Å². The van der Waals surface area contributed by atoms with Gasteiger partial charge in [-0.25, -0.2) is 4.98 Å². The minimum Gasteiger partial charge on any atom is -0.310 e. The number of fused-ring (bicyclic) bond motifs is 1. The van der Waals surface area contributed by atoms with Gasteiger partial charge in [0.15, 0.2) is 4.96 Å². The van der Waals surface area contributed by atoms with Gasteiger partial charge in [0.25, 0.3) is 0 Å². The van der Waals surface area contributed by atoms with E-state index in [1.165, 1.54) is 10.5 Å². The van der Waals surface area contributed by atoms with Gasteiger partial charge in [-0.15, -0.1) is 23.1 Å². The number of thioether (sulfide) groups is 1. The van der Waals surface area contributed by atoms with Gasteiger partial charge in [-0.05, 0) is 17.7 Å². The summed E-state index contributed by atoms with van der Waals surface area (Å²) in [4.78, 5) is 6.97. The average Bonchev–Trinajstić information content (AvgIpc) is 3.05. The van der Waals surface area contributed by atoms with Crippen LogP contribution in [0.15, 0.2) is 46.9 Å². The first-order valence-electron chi connectivity index (χ1n) is 7.07. The summed E-state index contributed by atoms with van der Waals surface area (Å²) < 4.78 is 2.08. The molecule has 0 aliphatic carbocycles. The number of imidazole rings is 1. The Morgan fingerprint density at radius 2 is 2.10 bits per heavy atom. The first-order valence-corrected chi connectivity index (χ1v) is 8.93. The summed E-state index contributed by atoms with van der Waals surface area (Å²) in [6.45, 7) is 5.26. The molecule has 1 N–H and O–H groups in total. The molecule has 5 heteroatoms. The predicted molar refractivity (Wildman–Crippen MR) is 91.0 cm³/mol. The number of nitrogens with one attached hydrogen (secondary N) is 1. The van der Waals surface area contributed by atoms with Crippen LogP contribution in [0.1, 0.15) is 25.1 Å². The molecule has 0 radical (unpaired) electrons. The summed E-state index contributed by atoms with van der Waals surface area (Å²) in [5, 5.41) is 5.49. The Labute approximate surface area is 133 Å². The normalized spacial score (nSPS) is 11.6. The molecule has 3 nitrogen and oxygen atoms in total. The second kappa shape index (κ2) is 6.64. The number of nitrogens with zero attached hydrogens (tertiary/aromatic N) is 2. The van der Waals surface area contributed by atoms with Gasteiger partial charge in [-0.2, -0.15) is 0 Å². The fraction of sp³-hybridized carbons (Fsp3) is 0.312. The number of hydrogen-bond donors (Lipinski definition) is 1. The first kappa shape index (κ1) is 14.6. The van der Waals surface area contributed by atoms with Crippen molar-refractivity contribution in [1.82, 2.24) is 14.7 Å². The summed E-state index contributed by atoms with van der Waals surface area (Å²) in [6.07, 6.45) is 4.16. The van der Waals surface area contributed by atoms with Crippen LogP contribution in [0.4, 0.5) is 0 Å². The molecule has 0 aliphatic rings. The highest BCUT2D eigenvalue weighted by molar-refractivity contribution is 7.98. The summed E-state index contributed by atoms with van der Waals surface area (Å²) in [5.74, 6) is 0.915. The van der Waals surface area contributed by atoms with E-state index in [1.54, 1.807) is 11.3 Å². The summed E-state index contributed by atoms with van der Waals surface area (Å²) in [7, 11) is 0. The molecule has 110 valence electrons. The van der Waals surface area contributed by atoms with Crippen LogP contribution in [0.25, 0.3) is 4.96 Å². The maximum Gasteiger partial charge on any atom is 0.193 e. The Kier molecular flexibility index (Phi) is 4.63. The summed E-state index contributed by atoms with van der Waals surface area (Å²) >= 11 is 3.51. The molecule has 0 atom stereocenters. The SMILES string of the molecule is CC(C)NCc1ccc(SCc2cn3ccsc3n2)cc1. The molecule has 0 fully saturated rings. The maximum atomic E-state index is 4.60. The Bertz CT molecular complexity index is 669. The van der Waals surface area contributed by atoms with Crippen molar-refractivity contribution in [2.45, 2.75) is 37.1 Å². The van der Waals surface area contributed by atoms with E-state index in [-0.39, 0.29) is 0 Å². The highest BCUT2D eigenvalue weighted by Crippen LogP contribution is 2.23. The molecule has 3 aromatic rings. The fourth-order valence-corrected chi connectivity index (χ4v) is 3.53. The molecule has 3 rings (SSSR count). The molecular weight excluding hydrogens is 298 g/mol. The monoisotopic (exact) mass is 317 g/mol. The van der Waals surface area contributed by atoms with Crippen LogP contribution in [-0.4, -0.2) is 15.4 Å². The molecule has 0 amide bonds. The number of aromatic nitrogens is 2. The third kappa shape index (κ3) is 3.87. The second-order valence-electron chi connectivity index (χ2n) is 5.29. The number of rotatable bonds is 6. The minimum absolute atomic E-state index is 0.522. The van der Waals surface area contributed by atoms with Crippen molar-refractivity contribution >= 4 is 28.1 Å². The average molecular weight is 317 g/mol. The van der Waals surface area contributed by atoms with E-state index < -0.39 is 0 Å². The van der Waals surface area contributed by atoms with E-state index in [0.717, 1.165) is 23.0 Å². The zero-order valence-electron chi connectivity index (χ0n) is 12.2. The largest absolute Gasteiger partial charge is 0.310 e. The van der Waals surface area contributed by atoms with Crippen LogP contribution in [0.2, 0.25) is 0 Å². The lowest BCUT2D eigenvalue weighted by Crippen LogP contribution is -2.21. The third-order valence-electron chi connectivity index (χ3n) is 3.17. The van der Waals surface area contributed by atoms with Crippen molar-refractivity contribution in [2.75, 3.05) is 0 Å². The first-order chi connectivity index (χ1) is 10.2. The Morgan fingerprint density at radius 1 is 1.29 bits per heavy atom. The number of hydrogen-bond acceptors (Lipinski definition) is 4. The maximum absolute atomic E-state index is 4.60. The molecule has 0 saturated heterocycles. The fourth-order valence-electron chi connectivity index (χ4n) is 2.03. The lowest BCUT2D eigenvalue weighted by molar-refractivity contribution is 0.588. The molecule has 2 heterocycles. The van der Waals surface area contributed by atoms with Gasteiger partial charge in [0, 0.05) is 41.0 Å². The predicted octanol–water partition coefficient (Wildman–Crippen LogP) is 4.19. The van der Waals surface area contributed by atoms with E-state index in [9.17, 15) is 0 Å². The summed E-state index contributed by atoms with van der Waals surface area (Å²) in [6, 6.07) is 9.31. The Hall–Kier alpha value is -1.30. The Morgan fingerprint density at radius 3 is 2.81 bits per heavy atom. The van der Waals surface area contributed by atoms with Gasteiger partial charge < -0.3 is 5.32 Å². The van der Waals surface area contributed by atoms with E-state index in [4.69, 9.17) is 0 Å². The quantitative estimate of drug-likeness (QED) is 0.691.